The number of allylic oxidation sites excluding steroid dienone is 2. The first kappa shape index (κ1) is 25.4. The Hall–Kier alpha value is -3.87. The SMILES string of the molecule is CCC1CC=CCC1.NC1=C(N)c2ccc(P(c3ccccc3)c3cccc4ccccc34)c3cccc1c23. The third kappa shape index (κ3) is 4.75. The van der Waals surface area contributed by atoms with E-state index in [-0.39, 0.29) is 0 Å². The summed E-state index contributed by atoms with van der Waals surface area (Å²) in [5.74, 6) is 1.000. The zero-order valence-corrected chi connectivity index (χ0v) is 23.4. The molecule has 4 N–H and O–H groups in total. The maximum Gasteiger partial charge on any atom is 0.0634 e. The molecule has 0 radical (unpaired) electrons. The van der Waals surface area contributed by atoms with Gasteiger partial charge in [0.05, 0.1) is 11.4 Å². The van der Waals surface area contributed by atoms with E-state index < -0.39 is 7.92 Å². The lowest BCUT2D eigenvalue weighted by atomic mass is 9.92. The number of rotatable bonds is 4. The molecule has 5 aromatic carbocycles. The average Bonchev–Trinajstić information content (AvgIpc) is 3.26. The molecule has 2 atom stereocenters. The zero-order chi connectivity index (χ0) is 26.8. The zero-order valence-electron chi connectivity index (χ0n) is 22.5. The van der Waals surface area contributed by atoms with E-state index in [1.165, 1.54) is 63.1 Å². The van der Waals surface area contributed by atoms with Gasteiger partial charge in [-0.15, -0.1) is 0 Å². The van der Waals surface area contributed by atoms with Crippen molar-refractivity contribution in [2.75, 3.05) is 0 Å². The van der Waals surface area contributed by atoms with Crippen LogP contribution in [0.25, 0.3) is 32.9 Å². The first-order valence-corrected chi connectivity index (χ1v) is 15.3. The summed E-state index contributed by atoms with van der Waals surface area (Å²) < 4.78 is 0. The Balaban J connectivity index is 0.000000299. The topological polar surface area (TPSA) is 52.0 Å². The maximum absolute atomic E-state index is 6.37. The smallest absolute Gasteiger partial charge is 0.0634 e. The monoisotopic (exact) mass is 526 g/mol. The second-order valence-electron chi connectivity index (χ2n) is 10.4. The number of hydrogen-bond donors (Lipinski definition) is 2. The molecule has 0 bridgehead atoms. The van der Waals surface area contributed by atoms with Crippen LogP contribution in [0.15, 0.2) is 115 Å². The molecule has 0 fully saturated rings. The maximum atomic E-state index is 6.37. The van der Waals surface area contributed by atoms with Crippen LogP contribution < -0.4 is 27.4 Å². The Bertz CT molecular complexity index is 1680. The minimum Gasteiger partial charge on any atom is -0.397 e. The number of hydrogen-bond acceptors (Lipinski definition) is 2. The minimum absolute atomic E-state index is 0.687. The molecule has 0 spiro atoms. The largest absolute Gasteiger partial charge is 0.397 e. The van der Waals surface area contributed by atoms with E-state index in [9.17, 15) is 0 Å². The minimum atomic E-state index is -0.771. The van der Waals surface area contributed by atoms with Crippen molar-refractivity contribution < 1.29 is 0 Å². The summed E-state index contributed by atoms with van der Waals surface area (Å²) in [4.78, 5) is 0. The molecule has 0 aromatic heterocycles. The van der Waals surface area contributed by atoms with Gasteiger partial charge >= 0.3 is 0 Å². The van der Waals surface area contributed by atoms with Gasteiger partial charge in [-0.05, 0) is 65.2 Å². The van der Waals surface area contributed by atoms with E-state index in [1.807, 2.05) is 0 Å². The van der Waals surface area contributed by atoms with E-state index in [0.717, 1.165) is 17.0 Å². The van der Waals surface area contributed by atoms with Gasteiger partial charge in [-0.25, -0.2) is 0 Å². The van der Waals surface area contributed by atoms with Gasteiger partial charge in [0.1, 0.15) is 0 Å². The summed E-state index contributed by atoms with van der Waals surface area (Å²) in [6.45, 7) is 2.28. The Morgan fingerprint density at radius 1 is 0.667 bits per heavy atom. The van der Waals surface area contributed by atoms with Gasteiger partial charge in [0.15, 0.2) is 0 Å². The van der Waals surface area contributed by atoms with E-state index >= 15 is 0 Å². The number of fused-ring (bicyclic) bond motifs is 1. The summed E-state index contributed by atoms with van der Waals surface area (Å²) in [5.41, 5.74) is 16.2. The number of benzene rings is 5. The summed E-state index contributed by atoms with van der Waals surface area (Å²) in [6.07, 6.45) is 10.1. The highest BCUT2D eigenvalue weighted by molar-refractivity contribution is 7.80. The highest BCUT2D eigenvalue weighted by atomic mass is 31.1. The fourth-order valence-electron chi connectivity index (χ4n) is 5.94. The molecule has 2 aliphatic rings. The van der Waals surface area contributed by atoms with Gasteiger partial charge in [0.2, 0.25) is 0 Å². The van der Waals surface area contributed by atoms with E-state index in [0.29, 0.717) is 11.4 Å². The lowest BCUT2D eigenvalue weighted by Gasteiger charge is -2.23. The number of nitrogens with two attached hydrogens (primary N) is 2. The lowest BCUT2D eigenvalue weighted by Crippen LogP contribution is -2.22. The van der Waals surface area contributed by atoms with Crippen LogP contribution in [0.4, 0.5) is 0 Å². The highest BCUT2D eigenvalue weighted by Gasteiger charge is 2.26. The molecule has 0 saturated carbocycles. The van der Waals surface area contributed by atoms with E-state index in [1.54, 1.807) is 0 Å². The van der Waals surface area contributed by atoms with Crippen LogP contribution in [0, 0.1) is 5.92 Å². The first-order chi connectivity index (χ1) is 19.2. The van der Waals surface area contributed by atoms with Crippen LogP contribution >= 0.6 is 7.92 Å². The average molecular weight is 527 g/mol. The Labute approximate surface area is 232 Å². The van der Waals surface area contributed by atoms with Crippen LogP contribution in [-0.2, 0) is 0 Å². The van der Waals surface area contributed by atoms with E-state index in [2.05, 4.69) is 122 Å². The highest BCUT2D eigenvalue weighted by Crippen LogP contribution is 2.43. The van der Waals surface area contributed by atoms with Crippen molar-refractivity contribution in [3.63, 3.8) is 0 Å². The first-order valence-electron chi connectivity index (χ1n) is 14.0. The molecular formula is C36H35N2P. The van der Waals surface area contributed by atoms with Crippen LogP contribution in [0.5, 0.6) is 0 Å². The van der Waals surface area contributed by atoms with Gasteiger partial charge in [0, 0.05) is 16.5 Å². The predicted molar refractivity (Wildman–Crippen MR) is 172 cm³/mol. The molecule has 5 aromatic rings. The summed E-state index contributed by atoms with van der Waals surface area (Å²) in [5, 5.41) is 9.03. The summed E-state index contributed by atoms with van der Waals surface area (Å²) in [7, 11) is -0.771. The standard InChI is InChI=1S/C28H21N2P.C8H14/c29-27-22-14-7-13-21-25(17-16-23(26(21)22)28(27)30)31(19-10-2-1-3-11-19)24-15-6-9-18-8-4-5-12-20(18)24;1-2-8-6-4-3-5-7-8/h1-17H,29-30H2;3-4,8H,2,5-7H2,1H3. The third-order valence-electron chi connectivity index (χ3n) is 8.11. The molecule has 3 heteroatoms. The van der Waals surface area contributed by atoms with Gasteiger partial charge in [-0.3, -0.25) is 0 Å². The van der Waals surface area contributed by atoms with Crippen LogP contribution in [-0.4, -0.2) is 0 Å². The van der Waals surface area contributed by atoms with Gasteiger partial charge in [-0.2, -0.15) is 0 Å². The van der Waals surface area contributed by atoms with Gasteiger partial charge in [-0.1, -0.05) is 129 Å². The van der Waals surface area contributed by atoms with Gasteiger partial charge in [0.25, 0.3) is 0 Å². The predicted octanol–water partition coefficient (Wildman–Crippen LogP) is 7.56. The molecular weight excluding hydrogens is 491 g/mol. The third-order valence-corrected chi connectivity index (χ3v) is 10.7. The molecule has 0 saturated heterocycles. The Morgan fingerprint density at radius 3 is 2.08 bits per heavy atom. The Morgan fingerprint density at radius 2 is 1.33 bits per heavy atom. The second-order valence-corrected chi connectivity index (χ2v) is 12.6. The Kier molecular flexibility index (Phi) is 7.22. The van der Waals surface area contributed by atoms with Crippen molar-refractivity contribution in [2.45, 2.75) is 32.6 Å². The van der Waals surface area contributed by atoms with Crippen LogP contribution in [0.3, 0.4) is 0 Å². The van der Waals surface area contributed by atoms with Crippen LogP contribution in [0.2, 0.25) is 0 Å². The van der Waals surface area contributed by atoms with Crippen molar-refractivity contribution in [1.29, 1.82) is 0 Å². The van der Waals surface area contributed by atoms with E-state index in [4.69, 9.17) is 11.5 Å². The summed E-state index contributed by atoms with van der Waals surface area (Å²) in [6, 6.07) is 36.9. The van der Waals surface area contributed by atoms with Crippen molar-refractivity contribution in [1.82, 2.24) is 0 Å². The lowest BCUT2D eigenvalue weighted by molar-refractivity contribution is 0.465. The normalized spacial score (nSPS) is 16.8. The second kappa shape index (κ2) is 11.1. The quantitative estimate of drug-likeness (QED) is 0.188. The van der Waals surface area contributed by atoms with Gasteiger partial charge < -0.3 is 11.5 Å². The van der Waals surface area contributed by atoms with Crippen molar-refractivity contribution in [3.05, 3.63) is 126 Å². The van der Waals surface area contributed by atoms with Crippen molar-refractivity contribution >= 4 is 56.8 Å². The molecule has 7 rings (SSSR count). The summed E-state index contributed by atoms with van der Waals surface area (Å²) >= 11 is 0. The molecule has 2 unspecified atom stereocenters. The van der Waals surface area contributed by atoms with Crippen molar-refractivity contribution in [2.24, 2.45) is 17.4 Å². The molecule has 0 heterocycles. The molecule has 0 amide bonds. The molecule has 2 nitrogen and oxygen atoms in total. The molecule has 39 heavy (non-hydrogen) atoms. The fourth-order valence-corrected chi connectivity index (χ4v) is 8.56. The molecule has 2 aliphatic carbocycles. The molecule has 194 valence electrons. The molecule has 0 aliphatic heterocycles. The van der Waals surface area contributed by atoms with Crippen molar-refractivity contribution in [3.8, 4) is 0 Å². The fraction of sp³-hybridized carbons (Fsp3) is 0.167. The van der Waals surface area contributed by atoms with Crippen LogP contribution in [0.1, 0.15) is 43.7 Å².